The molecule has 1 saturated carbocycles. The molecule has 2 fully saturated rings. The molecule has 2 amide bonds. The lowest BCUT2D eigenvalue weighted by atomic mass is 9.80. The standard InChI is InChI=1S/C25H27F2N5O2/c26-17-7-5-16(6-8-17)15-31-24(34)20-3-1-2-4-21(20)32-22(29-30-25(31)32)13-14-23(33)28-19-11-9-18(27)10-12-19/h5-12,20-21,25,30H,1-4,13-15H2,(H,28,33). The first-order valence-corrected chi connectivity index (χ1v) is 11.7. The summed E-state index contributed by atoms with van der Waals surface area (Å²) in [6.07, 6.45) is 3.99. The van der Waals surface area contributed by atoms with Gasteiger partial charge in [0.15, 0.2) is 6.29 Å². The van der Waals surface area contributed by atoms with Gasteiger partial charge < -0.3 is 10.2 Å². The van der Waals surface area contributed by atoms with Crippen molar-refractivity contribution in [1.29, 1.82) is 0 Å². The number of nitrogens with zero attached hydrogens (tertiary/aromatic N) is 3. The van der Waals surface area contributed by atoms with Crippen molar-refractivity contribution >= 4 is 23.3 Å². The maximum Gasteiger partial charge on any atom is 0.231 e. The van der Waals surface area contributed by atoms with Crippen molar-refractivity contribution in [2.24, 2.45) is 11.0 Å². The predicted molar refractivity (Wildman–Crippen MR) is 123 cm³/mol. The highest BCUT2D eigenvalue weighted by Crippen LogP contribution is 2.38. The third kappa shape index (κ3) is 4.47. The van der Waals surface area contributed by atoms with Crippen LogP contribution in [0.15, 0.2) is 53.6 Å². The number of nitrogens with one attached hydrogen (secondary N) is 2. The molecule has 0 aromatic heterocycles. The fourth-order valence-corrected chi connectivity index (χ4v) is 5.17. The van der Waals surface area contributed by atoms with Gasteiger partial charge in [-0.25, -0.2) is 8.78 Å². The van der Waals surface area contributed by atoms with Gasteiger partial charge in [-0.3, -0.25) is 19.9 Å². The SMILES string of the molecule is O=C(CCC1=NNC2N(Cc3ccc(F)cc3)C(=O)C3CCCCC3N12)Nc1ccc(F)cc1. The number of anilines is 1. The number of halogens is 2. The molecule has 5 rings (SSSR count). The molecular weight excluding hydrogens is 440 g/mol. The third-order valence-corrected chi connectivity index (χ3v) is 6.82. The lowest BCUT2D eigenvalue weighted by Gasteiger charge is -2.50. The van der Waals surface area contributed by atoms with E-state index in [1.807, 2.05) is 0 Å². The van der Waals surface area contributed by atoms with Crippen molar-refractivity contribution in [3.63, 3.8) is 0 Å². The Bertz CT molecular complexity index is 1090. The number of fused-ring (bicyclic) bond motifs is 3. The molecule has 7 nitrogen and oxygen atoms in total. The number of carbonyl (C=O) groups excluding carboxylic acids is 2. The molecule has 2 aromatic carbocycles. The second-order valence-corrected chi connectivity index (χ2v) is 9.04. The molecular formula is C25H27F2N5O2. The average molecular weight is 468 g/mol. The predicted octanol–water partition coefficient (Wildman–Crippen LogP) is 3.79. The van der Waals surface area contributed by atoms with E-state index in [1.54, 1.807) is 17.0 Å². The van der Waals surface area contributed by atoms with Gasteiger partial charge in [-0.05, 0) is 54.8 Å². The maximum absolute atomic E-state index is 13.4. The minimum absolute atomic E-state index is 0.0460. The van der Waals surface area contributed by atoms with Crippen LogP contribution in [0.5, 0.6) is 0 Å². The van der Waals surface area contributed by atoms with Crippen molar-refractivity contribution in [2.75, 3.05) is 5.32 Å². The number of hydrogen-bond donors (Lipinski definition) is 2. The minimum Gasteiger partial charge on any atom is -0.326 e. The fraction of sp³-hybridized carbons (Fsp3) is 0.400. The molecule has 1 aliphatic carbocycles. The van der Waals surface area contributed by atoms with Gasteiger partial charge in [0.25, 0.3) is 0 Å². The Balaban J connectivity index is 1.29. The Kier molecular flexibility index (Phi) is 6.17. The van der Waals surface area contributed by atoms with Crippen LogP contribution < -0.4 is 10.7 Å². The molecule has 2 aromatic rings. The molecule has 3 aliphatic rings. The topological polar surface area (TPSA) is 77.0 Å². The summed E-state index contributed by atoms with van der Waals surface area (Å²) in [5.41, 5.74) is 4.49. The molecule has 3 atom stereocenters. The van der Waals surface area contributed by atoms with Crippen molar-refractivity contribution in [1.82, 2.24) is 15.2 Å². The lowest BCUT2D eigenvalue weighted by Crippen LogP contribution is -2.67. The highest BCUT2D eigenvalue weighted by atomic mass is 19.1. The second-order valence-electron chi connectivity index (χ2n) is 9.04. The molecule has 9 heteroatoms. The molecule has 1 saturated heterocycles. The van der Waals surface area contributed by atoms with Crippen molar-refractivity contribution in [2.45, 2.75) is 57.4 Å². The quantitative estimate of drug-likeness (QED) is 0.678. The monoisotopic (exact) mass is 467 g/mol. The molecule has 0 radical (unpaired) electrons. The highest BCUT2D eigenvalue weighted by molar-refractivity contribution is 5.95. The van der Waals surface area contributed by atoms with Crippen LogP contribution >= 0.6 is 0 Å². The van der Waals surface area contributed by atoms with E-state index in [1.165, 1.54) is 36.4 Å². The Morgan fingerprint density at radius 3 is 2.44 bits per heavy atom. The number of carbonyl (C=O) groups is 2. The van der Waals surface area contributed by atoms with Gasteiger partial charge in [0.05, 0.1) is 5.92 Å². The van der Waals surface area contributed by atoms with Gasteiger partial charge in [0.1, 0.15) is 17.5 Å². The molecule has 3 unspecified atom stereocenters. The van der Waals surface area contributed by atoms with E-state index in [0.29, 0.717) is 18.7 Å². The van der Waals surface area contributed by atoms with Crippen LogP contribution in [0.1, 0.15) is 44.1 Å². The number of rotatable bonds is 6. The summed E-state index contributed by atoms with van der Waals surface area (Å²) < 4.78 is 26.5. The van der Waals surface area contributed by atoms with Crippen LogP contribution in [0, 0.1) is 17.6 Å². The summed E-state index contributed by atoms with van der Waals surface area (Å²) in [4.78, 5) is 29.8. The van der Waals surface area contributed by atoms with Crippen LogP contribution in [-0.2, 0) is 16.1 Å². The van der Waals surface area contributed by atoms with Gasteiger partial charge in [0, 0.05) is 31.1 Å². The Labute approximate surface area is 196 Å². The average Bonchev–Trinajstić information content (AvgIpc) is 3.27. The van der Waals surface area contributed by atoms with Crippen LogP contribution in [0.4, 0.5) is 14.5 Å². The van der Waals surface area contributed by atoms with Crippen LogP contribution in [0.2, 0.25) is 0 Å². The van der Waals surface area contributed by atoms with Gasteiger partial charge in [0.2, 0.25) is 11.8 Å². The zero-order chi connectivity index (χ0) is 23.7. The zero-order valence-corrected chi connectivity index (χ0v) is 18.7. The van der Waals surface area contributed by atoms with E-state index in [4.69, 9.17) is 0 Å². The zero-order valence-electron chi connectivity index (χ0n) is 18.7. The summed E-state index contributed by atoms with van der Waals surface area (Å²) in [6.45, 7) is 0.352. The van der Waals surface area contributed by atoms with E-state index in [9.17, 15) is 18.4 Å². The number of benzene rings is 2. The smallest absolute Gasteiger partial charge is 0.231 e. The van der Waals surface area contributed by atoms with E-state index in [2.05, 4.69) is 20.7 Å². The van der Waals surface area contributed by atoms with Crippen LogP contribution in [0.3, 0.4) is 0 Å². The van der Waals surface area contributed by atoms with E-state index in [0.717, 1.165) is 37.1 Å². The number of amides is 2. The minimum atomic E-state index is -0.424. The summed E-state index contributed by atoms with van der Waals surface area (Å²) in [5.74, 6) is -0.132. The van der Waals surface area contributed by atoms with Crippen LogP contribution in [0.25, 0.3) is 0 Å². The van der Waals surface area contributed by atoms with E-state index < -0.39 is 6.29 Å². The number of hydrazone groups is 1. The largest absolute Gasteiger partial charge is 0.326 e. The summed E-state index contributed by atoms with van der Waals surface area (Å²) >= 11 is 0. The van der Waals surface area contributed by atoms with Crippen molar-refractivity contribution in [3.05, 3.63) is 65.7 Å². The lowest BCUT2D eigenvalue weighted by molar-refractivity contribution is -0.156. The Morgan fingerprint density at radius 1 is 1.03 bits per heavy atom. The summed E-state index contributed by atoms with van der Waals surface area (Å²) in [7, 11) is 0. The normalized spacial score (nSPS) is 23.6. The van der Waals surface area contributed by atoms with Gasteiger partial charge >= 0.3 is 0 Å². The molecule has 34 heavy (non-hydrogen) atoms. The molecule has 2 heterocycles. The fourth-order valence-electron chi connectivity index (χ4n) is 5.17. The summed E-state index contributed by atoms with van der Waals surface area (Å²) in [6, 6.07) is 11.9. The van der Waals surface area contributed by atoms with Gasteiger partial charge in [-0.15, -0.1) is 0 Å². The van der Waals surface area contributed by atoms with Gasteiger partial charge in [-0.2, -0.15) is 5.10 Å². The van der Waals surface area contributed by atoms with Gasteiger partial charge in [-0.1, -0.05) is 25.0 Å². The number of hydrogen-bond acceptors (Lipinski definition) is 5. The van der Waals surface area contributed by atoms with Crippen molar-refractivity contribution < 1.29 is 18.4 Å². The van der Waals surface area contributed by atoms with E-state index >= 15 is 0 Å². The first kappa shape index (κ1) is 22.3. The third-order valence-electron chi connectivity index (χ3n) is 6.82. The highest BCUT2D eigenvalue weighted by Gasteiger charge is 2.50. The van der Waals surface area contributed by atoms with Crippen LogP contribution in [-0.4, -0.2) is 39.8 Å². The molecule has 0 spiro atoms. The molecule has 0 bridgehead atoms. The maximum atomic E-state index is 13.4. The molecule has 2 aliphatic heterocycles. The first-order valence-electron chi connectivity index (χ1n) is 11.7. The molecule has 178 valence electrons. The number of amidine groups is 1. The van der Waals surface area contributed by atoms with E-state index in [-0.39, 0.29) is 41.8 Å². The Morgan fingerprint density at radius 2 is 1.71 bits per heavy atom. The summed E-state index contributed by atoms with van der Waals surface area (Å²) in [5, 5.41) is 7.29. The van der Waals surface area contributed by atoms with Crippen molar-refractivity contribution in [3.8, 4) is 0 Å². The second kappa shape index (κ2) is 9.40. The first-order chi connectivity index (χ1) is 16.5. The molecule has 2 N–H and O–H groups in total. The Hall–Kier alpha value is -3.49.